The third-order valence-electron chi connectivity index (χ3n) is 6.11. The van der Waals surface area contributed by atoms with E-state index in [1.807, 2.05) is 42.5 Å². The third-order valence-corrected chi connectivity index (χ3v) is 7.25. The van der Waals surface area contributed by atoms with Gasteiger partial charge in [-0.2, -0.15) is 0 Å². The number of thiophene rings is 1. The lowest BCUT2D eigenvalue weighted by Gasteiger charge is -2.36. The zero-order chi connectivity index (χ0) is 23.4. The number of carbonyl (C=O) groups is 1. The van der Waals surface area contributed by atoms with Gasteiger partial charge in [0.2, 0.25) is 0 Å². The summed E-state index contributed by atoms with van der Waals surface area (Å²) in [5.74, 6) is 1.39. The Morgan fingerprint density at radius 2 is 1.79 bits per heavy atom. The Morgan fingerprint density at radius 3 is 2.45 bits per heavy atom. The maximum atomic E-state index is 13.0. The Morgan fingerprint density at radius 1 is 1.06 bits per heavy atom. The Hall–Kier alpha value is -2.87. The van der Waals surface area contributed by atoms with Gasteiger partial charge in [-0.15, -0.1) is 11.3 Å². The standard InChI is InChI=1S/C26H30N2O4S/c1-17-18(2)33-26(27-25(29)19-8-6-5-7-9-19)23(17)24(28-12-14-32-15-13-28)21-11-10-20(30-3)16-22(21)31-4/h5-11,16,24H,12-15H2,1-4H3,(H,27,29)/t24-/m0/s1. The van der Waals surface area contributed by atoms with E-state index in [-0.39, 0.29) is 11.9 Å². The number of ether oxygens (including phenoxy) is 3. The summed E-state index contributed by atoms with van der Waals surface area (Å²) in [7, 11) is 3.33. The predicted molar refractivity (Wildman–Crippen MR) is 132 cm³/mol. The lowest BCUT2D eigenvalue weighted by molar-refractivity contribution is 0.0236. The summed E-state index contributed by atoms with van der Waals surface area (Å²) in [5, 5.41) is 4.06. The number of hydrogen-bond acceptors (Lipinski definition) is 6. The highest BCUT2D eigenvalue weighted by Crippen LogP contribution is 2.45. The van der Waals surface area contributed by atoms with E-state index in [0.717, 1.165) is 40.7 Å². The molecule has 1 atom stereocenters. The minimum absolute atomic E-state index is 0.0919. The van der Waals surface area contributed by atoms with Crippen molar-refractivity contribution in [3.05, 3.63) is 75.7 Å². The number of aryl methyl sites for hydroxylation is 1. The number of hydrogen-bond donors (Lipinski definition) is 1. The number of amides is 1. The zero-order valence-corrected chi connectivity index (χ0v) is 20.3. The van der Waals surface area contributed by atoms with Crippen LogP contribution in [0, 0.1) is 13.8 Å². The van der Waals surface area contributed by atoms with E-state index < -0.39 is 0 Å². The minimum Gasteiger partial charge on any atom is -0.497 e. The van der Waals surface area contributed by atoms with E-state index in [2.05, 4.69) is 30.1 Å². The van der Waals surface area contributed by atoms with Crippen LogP contribution in [0.2, 0.25) is 0 Å². The highest BCUT2D eigenvalue weighted by Gasteiger charge is 2.32. The smallest absolute Gasteiger partial charge is 0.256 e. The van der Waals surface area contributed by atoms with Gasteiger partial charge >= 0.3 is 0 Å². The molecule has 0 saturated carbocycles. The van der Waals surface area contributed by atoms with Crippen molar-refractivity contribution in [2.45, 2.75) is 19.9 Å². The molecule has 0 spiro atoms. The second-order valence-electron chi connectivity index (χ2n) is 8.00. The van der Waals surface area contributed by atoms with Crippen molar-refractivity contribution >= 4 is 22.2 Å². The molecule has 1 aliphatic rings. The molecule has 1 fully saturated rings. The topological polar surface area (TPSA) is 60.0 Å². The van der Waals surface area contributed by atoms with Gasteiger partial charge < -0.3 is 19.5 Å². The number of carbonyl (C=O) groups excluding carboxylic acids is 1. The van der Waals surface area contributed by atoms with Crippen molar-refractivity contribution in [1.82, 2.24) is 4.90 Å². The van der Waals surface area contributed by atoms with Crippen molar-refractivity contribution in [2.24, 2.45) is 0 Å². The van der Waals surface area contributed by atoms with Crippen LogP contribution in [-0.2, 0) is 4.74 Å². The number of rotatable bonds is 7. The van der Waals surface area contributed by atoms with Crippen molar-refractivity contribution < 1.29 is 19.0 Å². The second kappa shape index (κ2) is 10.4. The second-order valence-corrected chi connectivity index (χ2v) is 9.23. The summed E-state index contributed by atoms with van der Waals surface area (Å²) in [6, 6.07) is 15.2. The van der Waals surface area contributed by atoms with Gasteiger partial charge in [0.25, 0.3) is 5.91 Å². The minimum atomic E-state index is -0.111. The molecule has 1 aliphatic heterocycles. The molecule has 1 N–H and O–H groups in total. The quantitative estimate of drug-likeness (QED) is 0.528. The predicted octanol–water partition coefficient (Wildman–Crippen LogP) is 5.06. The number of anilines is 1. The zero-order valence-electron chi connectivity index (χ0n) is 19.5. The summed E-state index contributed by atoms with van der Waals surface area (Å²) >= 11 is 1.62. The van der Waals surface area contributed by atoms with Crippen molar-refractivity contribution in [3.8, 4) is 11.5 Å². The van der Waals surface area contributed by atoms with E-state index in [4.69, 9.17) is 14.2 Å². The third kappa shape index (κ3) is 4.90. The molecule has 7 heteroatoms. The van der Waals surface area contributed by atoms with Crippen molar-refractivity contribution in [1.29, 1.82) is 0 Å². The van der Waals surface area contributed by atoms with Gasteiger partial charge in [-0.25, -0.2) is 0 Å². The van der Waals surface area contributed by atoms with Gasteiger partial charge in [0.15, 0.2) is 0 Å². The number of morpholine rings is 1. The van der Waals surface area contributed by atoms with Crippen molar-refractivity contribution in [3.63, 3.8) is 0 Å². The van der Waals surface area contributed by atoms with Crippen LogP contribution in [-0.4, -0.2) is 51.3 Å². The Bertz CT molecular complexity index is 1110. The molecule has 0 bridgehead atoms. The number of methoxy groups -OCH3 is 2. The summed E-state index contributed by atoms with van der Waals surface area (Å²) in [6.45, 7) is 7.15. The summed E-state index contributed by atoms with van der Waals surface area (Å²) in [6.07, 6.45) is 0. The van der Waals surface area contributed by atoms with Crippen LogP contribution in [0.3, 0.4) is 0 Å². The van der Waals surface area contributed by atoms with Gasteiger partial charge in [-0.3, -0.25) is 9.69 Å². The van der Waals surface area contributed by atoms with Crippen molar-refractivity contribution in [2.75, 3.05) is 45.8 Å². The van der Waals surface area contributed by atoms with Crippen LogP contribution in [0.15, 0.2) is 48.5 Å². The first kappa shape index (κ1) is 23.3. The maximum Gasteiger partial charge on any atom is 0.256 e. The van der Waals surface area contributed by atoms with E-state index in [9.17, 15) is 4.79 Å². The van der Waals surface area contributed by atoms with Crippen LogP contribution < -0.4 is 14.8 Å². The van der Waals surface area contributed by atoms with Gasteiger partial charge in [-0.05, 0) is 43.7 Å². The molecule has 174 valence electrons. The molecule has 2 heterocycles. The molecular weight excluding hydrogens is 436 g/mol. The molecular formula is C26H30N2O4S. The number of nitrogens with zero attached hydrogens (tertiary/aromatic N) is 1. The van der Waals surface area contributed by atoms with E-state index >= 15 is 0 Å². The molecule has 4 rings (SSSR count). The molecule has 1 aromatic heterocycles. The monoisotopic (exact) mass is 466 g/mol. The lowest BCUT2D eigenvalue weighted by atomic mass is 9.93. The molecule has 2 aromatic carbocycles. The molecule has 0 unspecified atom stereocenters. The Kier molecular flexibility index (Phi) is 7.33. The molecule has 0 radical (unpaired) electrons. The average Bonchev–Trinajstić information content (AvgIpc) is 3.13. The molecule has 33 heavy (non-hydrogen) atoms. The highest BCUT2D eigenvalue weighted by atomic mass is 32.1. The van der Waals surface area contributed by atoms with E-state index in [0.29, 0.717) is 18.8 Å². The van der Waals surface area contributed by atoms with Gasteiger partial charge in [0.05, 0.1) is 33.5 Å². The first-order chi connectivity index (χ1) is 16.0. The molecule has 6 nitrogen and oxygen atoms in total. The average molecular weight is 467 g/mol. The number of nitrogens with one attached hydrogen (secondary N) is 1. The molecule has 0 aliphatic carbocycles. The van der Waals surface area contributed by atoms with Gasteiger partial charge in [-0.1, -0.05) is 18.2 Å². The lowest BCUT2D eigenvalue weighted by Crippen LogP contribution is -2.40. The van der Waals surface area contributed by atoms with Crippen LogP contribution in [0.1, 0.15) is 38.0 Å². The summed E-state index contributed by atoms with van der Waals surface area (Å²) in [5.41, 5.74) is 3.96. The fraction of sp³-hybridized carbons (Fsp3) is 0.346. The first-order valence-electron chi connectivity index (χ1n) is 11.0. The molecule has 1 amide bonds. The summed E-state index contributed by atoms with van der Waals surface area (Å²) < 4.78 is 16.9. The maximum absolute atomic E-state index is 13.0. The fourth-order valence-electron chi connectivity index (χ4n) is 4.25. The SMILES string of the molecule is COc1ccc([C@@H](c2c(NC(=O)c3ccccc3)sc(C)c2C)N2CCOCC2)c(OC)c1. The van der Waals surface area contributed by atoms with Crippen LogP contribution in [0.4, 0.5) is 5.00 Å². The normalized spacial score (nSPS) is 15.2. The molecule has 3 aromatic rings. The van der Waals surface area contributed by atoms with Crippen LogP contribution >= 0.6 is 11.3 Å². The summed E-state index contributed by atoms with van der Waals surface area (Å²) in [4.78, 5) is 16.6. The van der Waals surface area contributed by atoms with Gasteiger partial charge in [0, 0.05) is 40.7 Å². The first-order valence-corrected chi connectivity index (χ1v) is 11.8. The Balaban J connectivity index is 1.82. The van der Waals surface area contributed by atoms with Gasteiger partial charge in [0.1, 0.15) is 16.5 Å². The molecule has 1 saturated heterocycles. The van der Waals surface area contributed by atoms with E-state index in [1.54, 1.807) is 25.6 Å². The fourth-order valence-corrected chi connectivity index (χ4v) is 5.33. The van der Waals surface area contributed by atoms with Crippen LogP contribution in [0.5, 0.6) is 11.5 Å². The Labute approximate surface area is 199 Å². The van der Waals surface area contributed by atoms with E-state index in [1.165, 1.54) is 10.4 Å². The number of benzene rings is 2. The highest BCUT2D eigenvalue weighted by molar-refractivity contribution is 7.16. The van der Waals surface area contributed by atoms with Crippen LogP contribution in [0.25, 0.3) is 0 Å². The largest absolute Gasteiger partial charge is 0.497 e.